The van der Waals surface area contributed by atoms with Crippen molar-refractivity contribution in [3.63, 3.8) is 0 Å². The number of nitrogens with zero attached hydrogens (tertiary/aromatic N) is 2. The molecule has 0 aliphatic carbocycles. The highest BCUT2D eigenvalue weighted by Gasteiger charge is 2.20. The number of thiophene rings is 1. The standard InChI is InChI=1S/C15H23N3O2S/c1-3-13-4-5-14(21-13)10-16-15(20)11-17-6-8-18(9-7-17)12(2)19/h4-5H,3,6-11H2,1-2H3,(H,16,20). The van der Waals surface area contributed by atoms with E-state index in [0.717, 1.165) is 19.5 Å². The van der Waals surface area contributed by atoms with Crippen molar-refractivity contribution in [2.45, 2.75) is 26.8 Å². The third-order valence-corrected chi connectivity index (χ3v) is 4.94. The second kappa shape index (κ2) is 7.56. The largest absolute Gasteiger partial charge is 0.350 e. The average Bonchev–Trinajstić information content (AvgIpc) is 2.94. The van der Waals surface area contributed by atoms with Crippen molar-refractivity contribution in [1.29, 1.82) is 0 Å². The number of rotatable bonds is 5. The Morgan fingerprint density at radius 2 is 1.86 bits per heavy atom. The molecule has 1 aromatic heterocycles. The minimum Gasteiger partial charge on any atom is -0.350 e. The normalized spacial score (nSPS) is 16.0. The zero-order valence-corrected chi connectivity index (χ0v) is 13.5. The van der Waals surface area contributed by atoms with Crippen LogP contribution in [0, 0.1) is 0 Å². The Balaban J connectivity index is 1.69. The topological polar surface area (TPSA) is 52.7 Å². The van der Waals surface area contributed by atoms with Gasteiger partial charge in [0.15, 0.2) is 0 Å². The fourth-order valence-corrected chi connectivity index (χ4v) is 3.27. The first-order valence-electron chi connectivity index (χ1n) is 7.40. The summed E-state index contributed by atoms with van der Waals surface area (Å²) in [6.07, 6.45) is 1.04. The van der Waals surface area contributed by atoms with Gasteiger partial charge in [-0.15, -0.1) is 11.3 Å². The van der Waals surface area contributed by atoms with Crippen LogP contribution in [0.3, 0.4) is 0 Å². The number of carbonyl (C=O) groups is 2. The van der Waals surface area contributed by atoms with Crippen molar-refractivity contribution in [2.24, 2.45) is 0 Å². The van der Waals surface area contributed by atoms with Gasteiger partial charge in [0, 0.05) is 42.9 Å². The Morgan fingerprint density at radius 3 is 2.43 bits per heavy atom. The van der Waals surface area contributed by atoms with Gasteiger partial charge in [0.1, 0.15) is 0 Å². The van der Waals surface area contributed by atoms with Crippen LogP contribution in [-0.4, -0.2) is 54.3 Å². The molecule has 0 spiro atoms. The Hall–Kier alpha value is -1.40. The van der Waals surface area contributed by atoms with Crippen molar-refractivity contribution < 1.29 is 9.59 Å². The molecule has 1 aliphatic heterocycles. The van der Waals surface area contributed by atoms with Gasteiger partial charge < -0.3 is 10.2 Å². The van der Waals surface area contributed by atoms with Crippen LogP contribution in [0.15, 0.2) is 12.1 Å². The van der Waals surface area contributed by atoms with E-state index in [1.165, 1.54) is 9.75 Å². The second-order valence-electron chi connectivity index (χ2n) is 5.28. The molecule has 6 heteroatoms. The molecule has 0 atom stereocenters. The van der Waals surface area contributed by atoms with E-state index in [1.807, 2.05) is 4.90 Å². The molecule has 1 N–H and O–H groups in total. The number of aryl methyl sites for hydroxylation is 1. The van der Waals surface area contributed by atoms with Gasteiger partial charge in [-0.25, -0.2) is 0 Å². The number of carbonyl (C=O) groups excluding carboxylic acids is 2. The number of hydrogen-bond donors (Lipinski definition) is 1. The highest BCUT2D eigenvalue weighted by Crippen LogP contribution is 2.16. The first-order chi connectivity index (χ1) is 10.1. The molecule has 21 heavy (non-hydrogen) atoms. The lowest BCUT2D eigenvalue weighted by Gasteiger charge is -2.33. The van der Waals surface area contributed by atoms with Crippen LogP contribution in [0.2, 0.25) is 0 Å². The maximum absolute atomic E-state index is 11.9. The van der Waals surface area contributed by atoms with Gasteiger partial charge in [0.05, 0.1) is 13.1 Å². The van der Waals surface area contributed by atoms with E-state index in [2.05, 4.69) is 29.3 Å². The maximum atomic E-state index is 11.9. The number of amides is 2. The molecule has 0 bridgehead atoms. The molecular formula is C15H23N3O2S. The summed E-state index contributed by atoms with van der Waals surface area (Å²) in [5.74, 6) is 0.168. The summed E-state index contributed by atoms with van der Waals surface area (Å²) in [6, 6.07) is 4.20. The van der Waals surface area contributed by atoms with Gasteiger partial charge in [-0.1, -0.05) is 6.92 Å². The molecule has 1 aliphatic rings. The highest BCUT2D eigenvalue weighted by atomic mass is 32.1. The summed E-state index contributed by atoms with van der Waals surface area (Å²) in [4.78, 5) is 29.7. The van der Waals surface area contributed by atoms with Crippen LogP contribution in [0.1, 0.15) is 23.6 Å². The van der Waals surface area contributed by atoms with Crippen molar-refractivity contribution in [3.8, 4) is 0 Å². The van der Waals surface area contributed by atoms with Crippen LogP contribution in [0.5, 0.6) is 0 Å². The Kier molecular flexibility index (Phi) is 5.76. The van der Waals surface area contributed by atoms with Crippen molar-refractivity contribution in [1.82, 2.24) is 15.1 Å². The zero-order valence-electron chi connectivity index (χ0n) is 12.7. The predicted molar refractivity (Wildman–Crippen MR) is 84.2 cm³/mol. The first-order valence-corrected chi connectivity index (χ1v) is 8.22. The van der Waals surface area contributed by atoms with Gasteiger partial charge in [0.25, 0.3) is 0 Å². The van der Waals surface area contributed by atoms with Crippen molar-refractivity contribution in [2.75, 3.05) is 32.7 Å². The van der Waals surface area contributed by atoms with E-state index in [0.29, 0.717) is 26.2 Å². The summed E-state index contributed by atoms with van der Waals surface area (Å²) >= 11 is 1.75. The summed E-state index contributed by atoms with van der Waals surface area (Å²) in [5.41, 5.74) is 0. The quantitative estimate of drug-likeness (QED) is 0.886. The molecule has 1 saturated heterocycles. The van der Waals surface area contributed by atoms with Gasteiger partial charge in [-0.05, 0) is 18.6 Å². The van der Waals surface area contributed by atoms with Crippen LogP contribution in [0.4, 0.5) is 0 Å². The fourth-order valence-electron chi connectivity index (χ4n) is 2.37. The lowest BCUT2D eigenvalue weighted by Crippen LogP contribution is -2.50. The molecule has 2 rings (SSSR count). The van der Waals surface area contributed by atoms with E-state index in [1.54, 1.807) is 18.3 Å². The van der Waals surface area contributed by atoms with Crippen molar-refractivity contribution in [3.05, 3.63) is 21.9 Å². The minimum atomic E-state index is 0.0534. The van der Waals surface area contributed by atoms with Crippen molar-refractivity contribution >= 4 is 23.2 Å². The third-order valence-electron chi connectivity index (χ3n) is 3.71. The van der Waals surface area contributed by atoms with Gasteiger partial charge >= 0.3 is 0 Å². The van der Waals surface area contributed by atoms with Crippen LogP contribution in [-0.2, 0) is 22.6 Å². The van der Waals surface area contributed by atoms with Gasteiger partial charge in [0.2, 0.25) is 11.8 Å². The molecule has 2 amide bonds. The van der Waals surface area contributed by atoms with Crippen LogP contribution in [0.25, 0.3) is 0 Å². The fraction of sp³-hybridized carbons (Fsp3) is 0.600. The lowest BCUT2D eigenvalue weighted by atomic mass is 10.3. The lowest BCUT2D eigenvalue weighted by molar-refractivity contribution is -0.131. The van der Waals surface area contributed by atoms with E-state index < -0.39 is 0 Å². The molecule has 0 aromatic carbocycles. The predicted octanol–water partition coefficient (Wildman–Crippen LogP) is 1.09. The SMILES string of the molecule is CCc1ccc(CNC(=O)CN2CCN(C(C)=O)CC2)s1. The monoisotopic (exact) mass is 309 g/mol. The molecule has 2 heterocycles. The third kappa shape index (κ3) is 4.82. The minimum absolute atomic E-state index is 0.0534. The molecular weight excluding hydrogens is 286 g/mol. The molecule has 0 saturated carbocycles. The molecule has 1 fully saturated rings. The number of nitrogens with one attached hydrogen (secondary N) is 1. The second-order valence-corrected chi connectivity index (χ2v) is 6.53. The molecule has 0 unspecified atom stereocenters. The maximum Gasteiger partial charge on any atom is 0.234 e. The smallest absolute Gasteiger partial charge is 0.234 e. The van der Waals surface area contributed by atoms with Gasteiger partial charge in [-0.3, -0.25) is 14.5 Å². The summed E-state index contributed by atoms with van der Waals surface area (Å²) in [5, 5.41) is 2.97. The van der Waals surface area contributed by atoms with E-state index in [-0.39, 0.29) is 11.8 Å². The molecule has 5 nitrogen and oxygen atoms in total. The molecule has 1 aromatic rings. The number of hydrogen-bond acceptors (Lipinski definition) is 4. The summed E-state index contributed by atoms with van der Waals surface area (Å²) in [7, 11) is 0. The van der Waals surface area contributed by atoms with Crippen LogP contribution < -0.4 is 5.32 Å². The first kappa shape index (κ1) is 16.0. The van der Waals surface area contributed by atoms with E-state index in [4.69, 9.17) is 0 Å². The Morgan fingerprint density at radius 1 is 1.19 bits per heavy atom. The summed E-state index contributed by atoms with van der Waals surface area (Å²) < 4.78 is 0. The molecule has 0 radical (unpaired) electrons. The summed E-state index contributed by atoms with van der Waals surface area (Å²) in [6.45, 7) is 7.72. The van der Waals surface area contributed by atoms with Crippen LogP contribution >= 0.6 is 11.3 Å². The van der Waals surface area contributed by atoms with E-state index in [9.17, 15) is 9.59 Å². The number of piperazine rings is 1. The Bertz CT molecular complexity index is 493. The van der Waals surface area contributed by atoms with Gasteiger partial charge in [-0.2, -0.15) is 0 Å². The highest BCUT2D eigenvalue weighted by molar-refractivity contribution is 7.11. The average molecular weight is 309 g/mol. The Labute approximate surface area is 129 Å². The molecule has 116 valence electrons. The van der Waals surface area contributed by atoms with E-state index >= 15 is 0 Å². The zero-order chi connectivity index (χ0) is 15.2.